The number of anilines is 1. The number of benzene rings is 2. The van der Waals surface area contributed by atoms with Crippen LogP contribution >= 0.6 is 0 Å². The number of rotatable bonds is 4. The van der Waals surface area contributed by atoms with Crippen LogP contribution in [0.2, 0.25) is 0 Å². The standard InChI is InChI=1S/C22H20N4O3/c27-18-12-15-8-4-5-9-17(15)19(14-6-2-1-3-7-14)23-20(18)24-22-26-25-21(29-22)16-10-11-28-13-16/h1-9,16,20H,10-13H2,(H,24,26)/t16?,20-/m1/s1. The van der Waals surface area contributed by atoms with Gasteiger partial charge in [0.15, 0.2) is 11.9 Å². The highest BCUT2D eigenvalue weighted by Gasteiger charge is 2.28. The third-order valence-electron chi connectivity index (χ3n) is 5.23. The zero-order valence-corrected chi connectivity index (χ0v) is 15.7. The average Bonchev–Trinajstić information content (AvgIpc) is 3.42. The first-order chi connectivity index (χ1) is 14.3. The summed E-state index contributed by atoms with van der Waals surface area (Å²) in [6.07, 6.45) is 0.339. The Bertz CT molecular complexity index is 1050. The minimum atomic E-state index is -0.800. The van der Waals surface area contributed by atoms with Gasteiger partial charge in [0.05, 0.1) is 18.2 Å². The Morgan fingerprint density at radius 2 is 1.83 bits per heavy atom. The second-order valence-electron chi connectivity index (χ2n) is 7.20. The van der Waals surface area contributed by atoms with E-state index in [1.165, 1.54) is 0 Å². The van der Waals surface area contributed by atoms with Crippen molar-refractivity contribution in [3.8, 4) is 0 Å². The minimum absolute atomic E-state index is 0.0488. The van der Waals surface area contributed by atoms with E-state index in [4.69, 9.17) is 14.1 Å². The van der Waals surface area contributed by atoms with Gasteiger partial charge in [0.2, 0.25) is 5.89 Å². The Kier molecular flexibility index (Phi) is 4.65. The molecule has 146 valence electrons. The Hall–Kier alpha value is -3.32. The van der Waals surface area contributed by atoms with Gasteiger partial charge < -0.3 is 14.5 Å². The summed E-state index contributed by atoms with van der Waals surface area (Å²) in [5, 5.41) is 11.2. The van der Waals surface area contributed by atoms with Crippen LogP contribution in [0.3, 0.4) is 0 Å². The quantitative estimate of drug-likeness (QED) is 0.739. The second-order valence-corrected chi connectivity index (χ2v) is 7.20. The molecule has 1 fully saturated rings. The van der Waals surface area contributed by atoms with Gasteiger partial charge in [-0.05, 0) is 12.0 Å². The first-order valence-electron chi connectivity index (χ1n) is 9.70. The first-order valence-corrected chi connectivity index (χ1v) is 9.70. The molecule has 7 nitrogen and oxygen atoms in total. The molecule has 0 saturated carbocycles. The number of Topliss-reactive ketones (excluding diaryl/α,β-unsaturated/α-hetero) is 1. The number of aromatic nitrogens is 2. The van der Waals surface area contributed by atoms with Crippen LogP contribution in [0.5, 0.6) is 0 Å². The lowest BCUT2D eigenvalue weighted by Crippen LogP contribution is -2.29. The van der Waals surface area contributed by atoms with Crippen LogP contribution in [0.4, 0.5) is 6.01 Å². The van der Waals surface area contributed by atoms with Gasteiger partial charge in [-0.15, -0.1) is 5.10 Å². The number of carbonyl (C=O) groups excluding carboxylic acids is 1. The summed E-state index contributed by atoms with van der Waals surface area (Å²) < 4.78 is 11.1. The maximum absolute atomic E-state index is 12.9. The van der Waals surface area contributed by atoms with E-state index >= 15 is 0 Å². The number of carbonyl (C=O) groups is 1. The van der Waals surface area contributed by atoms with Crippen molar-refractivity contribution in [2.75, 3.05) is 18.5 Å². The largest absolute Gasteiger partial charge is 0.408 e. The Balaban J connectivity index is 1.49. The monoisotopic (exact) mass is 388 g/mol. The molecule has 0 aliphatic carbocycles. The van der Waals surface area contributed by atoms with Crippen molar-refractivity contribution < 1.29 is 13.9 Å². The van der Waals surface area contributed by atoms with Crippen molar-refractivity contribution in [2.45, 2.75) is 24.9 Å². The second kappa shape index (κ2) is 7.60. The molecule has 7 heteroatoms. The van der Waals surface area contributed by atoms with Crippen LogP contribution in [0.25, 0.3) is 0 Å². The van der Waals surface area contributed by atoms with Gasteiger partial charge in [-0.2, -0.15) is 0 Å². The number of hydrogen-bond donors (Lipinski definition) is 1. The van der Waals surface area contributed by atoms with Crippen molar-refractivity contribution in [1.82, 2.24) is 10.2 Å². The van der Waals surface area contributed by atoms with Gasteiger partial charge in [-0.1, -0.05) is 59.7 Å². The summed E-state index contributed by atoms with van der Waals surface area (Å²) >= 11 is 0. The topological polar surface area (TPSA) is 89.6 Å². The summed E-state index contributed by atoms with van der Waals surface area (Å²) in [6.45, 7) is 1.27. The molecule has 0 amide bonds. The molecule has 3 aromatic rings. The molecule has 2 aliphatic rings. The van der Waals surface area contributed by atoms with Crippen molar-refractivity contribution in [3.05, 3.63) is 77.2 Å². The molecule has 29 heavy (non-hydrogen) atoms. The molecule has 3 heterocycles. The van der Waals surface area contributed by atoms with Gasteiger partial charge in [-0.25, -0.2) is 0 Å². The fourth-order valence-corrected chi connectivity index (χ4v) is 3.70. The molecule has 2 aromatic carbocycles. The lowest BCUT2D eigenvalue weighted by Gasteiger charge is -2.12. The van der Waals surface area contributed by atoms with Crippen LogP contribution in [0.15, 0.2) is 64.0 Å². The molecule has 1 saturated heterocycles. The van der Waals surface area contributed by atoms with E-state index < -0.39 is 6.17 Å². The number of aliphatic imine (C=N–C) groups is 1. The number of nitrogens with one attached hydrogen (secondary N) is 1. The van der Waals surface area contributed by atoms with Gasteiger partial charge in [-0.3, -0.25) is 9.79 Å². The normalized spacial score (nSPS) is 21.4. The maximum atomic E-state index is 12.9. The van der Waals surface area contributed by atoms with Crippen molar-refractivity contribution in [1.29, 1.82) is 0 Å². The number of nitrogens with zero attached hydrogens (tertiary/aromatic N) is 3. The van der Waals surface area contributed by atoms with E-state index in [2.05, 4.69) is 15.5 Å². The highest BCUT2D eigenvalue weighted by molar-refractivity contribution is 6.16. The van der Waals surface area contributed by atoms with Gasteiger partial charge in [0.25, 0.3) is 0 Å². The molecule has 0 spiro atoms. The Morgan fingerprint density at radius 3 is 2.66 bits per heavy atom. The van der Waals surface area contributed by atoms with Crippen LogP contribution < -0.4 is 5.32 Å². The molecule has 1 aromatic heterocycles. The third kappa shape index (κ3) is 3.56. The molecule has 1 N–H and O–H groups in total. The van der Waals surface area contributed by atoms with E-state index in [-0.39, 0.29) is 24.1 Å². The molecule has 0 radical (unpaired) electrons. The summed E-state index contributed by atoms with van der Waals surface area (Å²) in [5.74, 6) is 0.587. The lowest BCUT2D eigenvalue weighted by atomic mass is 9.96. The third-order valence-corrected chi connectivity index (χ3v) is 5.23. The highest BCUT2D eigenvalue weighted by atomic mass is 16.5. The Morgan fingerprint density at radius 1 is 1.00 bits per heavy atom. The van der Waals surface area contributed by atoms with Crippen molar-refractivity contribution in [3.63, 3.8) is 0 Å². The van der Waals surface area contributed by atoms with Crippen LogP contribution in [-0.2, 0) is 16.0 Å². The molecule has 0 bridgehead atoms. The van der Waals surface area contributed by atoms with E-state index in [0.29, 0.717) is 19.1 Å². The summed E-state index contributed by atoms with van der Waals surface area (Å²) in [5.41, 5.74) is 3.65. The SMILES string of the molecule is O=C1Cc2ccccc2C(c2ccccc2)=N[C@@H]1Nc1nnc(C2CCOC2)o1. The zero-order valence-electron chi connectivity index (χ0n) is 15.7. The van der Waals surface area contributed by atoms with Crippen LogP contribution in [0, 0.1) is 0 Å². The number of hydrogen-bond acceptors (Lipinski definition) is 7. The van der Waals surface area contributed by atoms with E-state index in [0.717, 1.165) is 28.8 Å². The molecule has 2 atom stereocenters. The Labute approximate surface area is 167 Å². The van der Waals surface area contributed by atoms with E-state index in [9.17, 15) is 4.79 Å². The molecule has 2 aliphatic heterocycles. The van der Waals surface area contributed by atoms with Crippen LogP contribution in [-0.4, -0.2) is 41.1 Å². The fourth-order valence-electron chi connectivity index (χ4n) is 3.70. The number of ether oxygens (including phenoxy) is 1. The predicted octanol–water partition coefficient (Wildman–Crippen LogP) is 2.97. The lowest BCUT2D eigenvalue weighted by molar-refractivity contribution is -0.119. The fraction of sp³-hybridized carbons (Fsp3) is 0.273. The van der Waals surface area contributed by atoms with Crippen molar-refractivity contribution in [2.24, 2.45) is 4.99 Å². The average molecular weight is 388 g/mol. The summed E-state index contributed by atoms with van der Waals surface area (Å²) in [6, 6.07) is 17.9. The predicted molar refractivity (Wildman–Crippen MR) is 107 cm³/mol. The summed E-state index contributed by atoms with van der Waals surface area (Å²) in [4.78, 5) is 17.7. The molecule has 1 unspecified atom stereocenters. The number of fused-ring (bicyclic) bond motifs is 1. The molecule has 5 rings (SSSR count). The maximum Gasteiger partial charge on any atom is 0.317 e. The minimum Gasteiger partial charge on any atom is -0.408 e. The summed E-state index contributed by atoms with van der Waals surface area (Å²) in [7, 11) is 0. The van der Waals surface area contributed by atoms with Gasteiger partial charge in [0, 0.05) is 24.2 Å². The van der Waals surface area contributed by atoms with Gasteiger partial charge >= 0.3 is 6.01 Å². The van der Waals surface area contributed by atoms with E-state index in [1.807, 2.05) is 54.6 Å². The number of ketones is 1. The zero-order chi connectivity index (χ0) is 19.6. The highest BCUT2D eigenvalue weighted by Crippen LogP contribution is 2.26. The molecular formula is C22H20N4O3. The molecular weight excluding hydrogens is 368 g/mol. The van der Waals surface area contributed by atoms with E-state index in [1.54, 1.807) is 0 Å². The smallest absolute Gasteiger partial charge is 0.317 e. The first kappa shape index (κ1) is 17.8. The van der Waals surface area contributed by atoms with Gasteiger partial charge in [0.1, 0.15) is 0 Å². The van der Waals surface area contributed by atoms with Crippen LogP contribution in [0.1, 0.15) is 34.9 Å². The van der Waals surface area contributed by atoms with Crippen molar-refractivity contribution >= 4 is 17.5 Å².